The smallest absolute Gasteiger partial charge is 0.195 e. The Labute approximate surface area is 219 Å². The summed E-state index contributed by atoms with van der Waals surface area (Å²) >= 11 is 0. The second-order valence-corrected chi connectivity index (χ2v) is 13.9. The molecule has 1 aromatic carbocycles. The third-order valence-corrected chi connectivity index (χ3v) is 11.6. The first-order chi connectivity index (χ1) is 17.2. The summed E-state index contributed by atoms with van der Waals surface area (Å²) in [6.45, 7) is 16.9. The fourth-order valence-electron chi connectivity index (χ4n) is 8.96. The predicted molar refractivity (Wildman–Crippen MR) is 143 cm³/mol. The molecular formula is C32H39NO4. The van der Waals surface area contributed by atoms with Gasteiger partial charge in [0.15, 0.2) is 17.7 Å². The third kappa shape index (κ3) is 2.55. The van der Waals surface area contributed by atoms with Gasteiger partial charge in [-0.1, -0.05) is 39.8 Å². The number of rotatable bonds is 2. The minimum absolute atomic E-state index is 0.0897. The van der Waals surface area contributed by atoms with Gasteiger partial charge in [-0.25, -0.2) is 0 Å². The number of hydrogen-bond acceptors (Lipinski definition) is 4. The van der Waals surface area contributed by atoms with Gasteiger partial charge in [-0.3, -0.25) is 4.79 Å². The van der Waals surface area contributed by atoms with Gasteiger partial charge in [-0.05, 0) is 74.8 Å². The summed E-state index contributed by atoms with van der Waals surface area (Å²) in [6.07, 6.45) is 6.99. The van der Waals surface area contributed by atoms with E-state index < -0.39 is 28.5 Å². The van der Waals surface area contributed by atoms with Crippen LogP contribution in [0.15, 0.2) is 42.5 Å². The monoisotopic (exact) mass is 501 g/mol. The molecule has 2 aliphatic heterocycles. The Bertz CT molecular complexity index is 1430. The summed E-state index contributed by atoms with van der Waals surface area (Å²) in [7, 11) is 0. The minimum Gasteiger partial charge on any atom is -0.385 e. The van der Waals surface area contributed by atoms with E-state index >= 15 is 0 Å². The summed E-state index contributed by atoms with van der Waals surface area (Å²) in [4.78, 5) is 17.0. The number of carbonyl (C=O) groups excluding carboxylic acids is 1. The van der Waals surface area contributed by atoms with Gasteiger partial charge in [-0.15, -0.1) is 6.58 Å². The zero-order valence-corrected chi connectivity index (χ0v) is 23.0. The zero-order chi connectivity index (χ0) is 26.4. The van der Waals surface area contributed by atoms with E-state index in [0.29, 0.717) is 24.3 Å². The van der Waals surface area contributed by atoms with Crippen molar-refractivity contribution in [3.8, 4) is 0 Å². The molecule has 0 unspecified atom stereocenters. The van der Waals surface area contributed by atoms with Crippen LogP contribution in [0.3, 0.4) is 0 Å². The van der Waals surface area contributed by atoms with Gasteiger partial charge in [0.1, 0.15) is 5.60 Å². The molecule has 1 spiro atoms. The number of aliphatic hydroxyl groups is 1. The maximum atomic E-state index is 13.2. The molecule has 2 aromatic rings. The molecule has 3 fully saturated rings. The number of fused-ring (bicyclic) bond motifs is 9. The molecule has 5 heteroatoms. The maximum Gasteiger partial charge on any atom is 0.195 e. The average molecular weight is 502 g/mol. The Morgan fingerprint density at radius 3 is 2.65 bits per heavy atom. The first-order valence-electron chi connectivity index (χ1n) is 13.9. The topological polar surface area (TPSA) is 71.5 Å². The molecule has 1 saturated heterocycles. The number of H-pyrrole nitrogens is 1. The van der Waals surface area contributed by atoms with Crippen LogP contribution in [-0.4, -0.2) is 39.0 Å². The third-order valence-electron chi connectivity index (χ3n) is 11.6. The van der Waals surface area contributed by atoms with Crippen molar-refractivity contribution in [2.24, 2.45) is 11.3 Å². The molecule has 1 aromatic heterocycles. The van der Waals surface area contributed by atoms with E-state index in [1.54, 1.807) is 6.08 Å². The van der Waals surface area contributed by atoms with E-state index in [0.717, 1.165) is 24.8 Å². The fourth-order valence-corrected chi connectivity index (χ4v) is 8.96. The number of ether oxygens (including phenoxy) is 2. The normalized spacial score (nSPS) is 41.6. The van der Waals surface area contributed by atoms with Crippen LogP contribution in [0.4, 0.5) is 0 Å². The number of carbonyl (C=O) groups is 1. The van der Waals surface area contributed by atoms with Crippen molar-refractivity contribution in [3.63, 3.8) is 0 Å². The number of hydrogen-bond donors (Lipinski definition) is 2. The van der Waals surface area contributed by atoms with Crippen LogP contribution in [0.5, 0.6) is 0 Å². The van der Waals surface area contributed by atoms with E-state index in [1.165, 1.54) is 22.2 Å². The van der Waals surface area contributed by atoms with Crippen LogP contribution >= 0.6 is 0 Å². The van der Waals surface area contributed by atoms with Crippen LogP contribution in [0, 0.1) is 11.3 Å². The molecule has 0 radical (unpaired) electrons. The lowest BCUT2D eigenvalue weighted by molar-refractivity contribution is -0.247. The van der Waals surface area contributed by atoms with E-state index in [1.807, 2.05) is 19.9 Å². The molecule has 5 nitrogen and oxygen atoms in total. The number of allylic oxidation sites excluding steroid dienone is 1. The molecule has 0 amide bonds. The number of ketones is 1. The molecule has 37 heavy (non-hydrogen) atoms. The van der Waals surface area contributed by atoms with Crippen molar-refractivity contribution in [3.05, 3.63) is 59.3 Å². The Kier molecular flexibility index (Phi) is 4.31. The van der Waals surface area contributed by atoms with Crippen LogP contribution in [0.25, 0.3) is 10.9 Å². The Balaban J connectivity index is 1.39. The summed E-state index contributed by atoms with van der Waals surface area (Å²) in [5, 5.41) is 14.0. The molecule has 3 aliphatic carbocycles. The van der Waals surface area contributed by atoms with Crippen molar-refractivity contribution >= 4 is 16.7 Å². The Morgan fingerprint density at radius 1 is 1.16 bits per heavy atom. The molecule has 196 valence electrons. The molecule has 6 atom stereocenters. The van der Waals surface area contributed by atoms with Gasteiger partial charge in [0.25, 0.3) is 0 Å². The number of aromatic nitrogens is 1. The highest BCUT2D eigenvalue weighted by molar-refractivity contribution is 5.97. The van der Waals surface area contributed by atoms with Gasteiger partial charge < -0.3 is 19.6 Å². The first-order valence-corrected chi connectivity index (χ1v) is 13.9. The Morgan fingerprint density at radius 2 is 1.92 bits per heavy atom. The molecule has 5 aliphatic rings. The molecule has 2 bridgehead atoms. The number of benzene rings is 1. The average Bonchev–Trinajstić information content (AvgIpc) is 3.43. The lowest BCUT2D eigenvalue weighted by Gasteiger charge is -2.65. The standard InChI is InChI=1S/C32H39NO4/c1-8-27(2,3)18-9-10-22-20(15-18)21-16-19-11-12-31(35)24-17-23(34)26-28(4,5)37-32(24,36-26)14-13-29(31,6)30(19,7)25(21)33-22/h8-10,15,17,19,26,33,35H,1,11-14,16H2,2-7H3/t19-,26-,29+,30+,31+,32-/m0/s1. The van der Waals surface area contributed by atoms with Gasteiger partial charge >= 0.3 is 0 Å². The Hall–Kier alpha value is -2.21. The van der Waals surface area contributed by atoms with Gasteiger partial charge in [0.2, 0.25) is 0 Å². The maximum absolute atomic E-state index is 13.2. The first kappa shape index (κ1) is 23.9. The molecule has 2 saturated carbocycles. The van der Waals surface area contributed by atoms with Crippen LogP contribution < -0.4 is 0 Å². The van der Waals surface area contributed by atoms with Crippen molar-refractivity contribution in [1.29, 1.82) is 0 Å². The summed E-state index contributed by atoms with van der Waals surface area (Å²) in [5.74, 6) is -0.678. The second kappa shape index (κ2) is 6.67. The summed E-state index contributed by atoms with van der Waals surface area (Å²) < 4.78 is 12.9. The lowest BCUT2D eigenvalue weighted by Crippen LogP contribution is -2.69. The van der Waals surface area contributed by atoms with Gasteiger partial charge in [0.05, 0.1) is 5.60 Å². The zero-order valence-electron chi connectivity index (χ0n) is 23.0. The summed E-state index contributed by atoms with van der Waals surface area (Å²) in [5.41, 5.74) is 2.94. The molecule has 3 heterocycles. The summed E-state index contributed by atoms with van der Waals surface area (Å²) in [6, 6.07) is 6.73. The SMILES string of the molecule is C=CC(C)(C)c1ccc2[nH]c3c(c2c1)C[C@@H]1CC[C@@]2(O)C4=CC(=O)[C@@H]5O[C@@]4(CC[C@]2(C)[C@@]31C)OC5(C)C. The fraction of sp³-hybridized carbons (Fsp3) is 0.594. The van der Waals surface area contributed by atoms with E-state index in [-0.39, 0.29) is 16.6 Å². The van der Waals surface area contributed by atoms with E-state index in [9.17, 15) is 9.90 Å². The molecule has 2 N–H and O–H groups in total. The van der Waals surface area contributed by atoms with Crippen LogP contribution in [0.1, 0.15) is 84.0 Å². The van der Waals surface area contributed by atoms with Gasteiger partial charge in [-0.2, -0.15) is 0 Å². The van der Waals surface area contributed by atoms with E-state index in [2.05, 4.69) is 57.5 Å². The molecular weight excluding hydrogens is 462 g/mol. The van der Waals surface area contributed by atoms with Crippen molar-refractivity contribution in [2.75, 3.05) is 0 Å². The highest BCUT2D eigenvalue weighted by atomic mass is 16.8. The highest BCUT2D eigenvalue weighted by Crippen LogP contribution is 2.71. The largest absolute Gasteiger partial charge is 0.385 e. The number of aromatic amines is 1. The van der Waals surface area contributed by atoms with Crippen molar-refractivity contribution < 1.29 is 19.4 Å². The van der Waals surface area contributed by atoms with Crippen LogP contribution in [-0.2, 0) is 31.5 Å². The van der Waals surface area contributed by atoms with E-state index in [4.69, 9.17) is 9.47 Å². The number of nitrogens with one attached hydrogen (secondary N) is 1. The lowest BCUT2D eigenvalue weighted by atomic mass is 9.42. The van der Waals surface area contributed by atoms with Gasteiger partial charge in [0, 0.05) is 44.8 Å². The second-order valence-electron chi connectivity index (χ2n) is 13.9. The highest BCUT2D eigenvalue weighted by Gasteiger charge is 2.75. The van der Waals surface area contributed by atoms with Crippen molar-refractivity contribution in [2.45, 2.75) is 108 Å². The molecule has 7 rings (SSSR count). The predicted octanol–water partition coefficient (Wildman–Crippen LogP) is 5.79. The van der Waals surface area contributed by atoms with Crippen LogP contribution in [0.2, 0.25) is 0 Å². The van der Waals surface area contributed by atoms with Crippen molar-refractivity contribution in [1.82, 2.24) is 4.98 Å². The quantitative estimate of drug-likeness (QED) is 0.511. The minimum atomic E-state index is -1.19.